The fraction of sp³-hybridized carbons (Fsp3) is 0. The van der Waals surface area contributed by atoms with E-state index in [1.807, 2.05) is 66.7 Å². The molecular formula is C49H29N5S2. The fourth-order valence-electron chi connectivity index (χ4n) is 7.56. The summed E-state index contributed by atoms with van der Waals surface area (Å²) in [4.78, 5) is 25.8. The first-order valence-corrected chi connectivity index (χ1v) is 20.1. The molecule has 0 atom stereocenters. The molecule has 0 aliphatic carbocycles. The third-order valence-corrected chi connectivity index (χ3v) is 12.4. The van der Waals surface area contributed by atoms with Crippen LogP contribution in [-0.4, -0.2) is 24.9 Å². The molecule has 11 aromatic rings. The number of benzene rings is 7. The Morgan fingerprint density at radius 1 is 0.321 bits per heavy atom. The zero-order valence-corrected chi connectivity index (χ0v) is 31.4. The van der Waals surface area contributed by atoms with Crippen molar-refractivity contribution in [3.63, 3.8) is 0 Å². The molecule has 0 bridgehead atoms. The molecule has 4 heterocycles. The lowest BCUT2D eigenvalue weighted by atomic mass is 9.96. The van der Waals surface area contributed by atoms with E-state index in [4.69, 9.17) is 24.9 Å². The van der Waals surface area contributed by atoms with Crippen molar-refractivity contribution in [1.82, 2.24) is 24.9 Å². The SMILES string of the molecule is c1ccc(-c2nc(-c3ccccc3)nc(-c3cccc4sc5cccc(-c6cccc(-c7nc(-c8ccccc8)c8sc9ccccc9c8n7)c6)c5c34)n2)cc1. The van der Waals surface area contributed by atoms with Crippen molar-refractivity contribution in [3.05, 3.63) is 176 Å². The summed E-state index contributed by atoms with van der Waals surface area (Å²) in [5.41, 5.74) is 9.06. The van der Waals surface area contributed by atoms with Crippen LogP contribution in [0, 0.1) is 0 Å². The van der Waals surface area contributed by atoms with E-state index in [0.29, 0.717) is 23.3 Å². The molecule has 0 fully saturated rings. The van der Waals surface area contributed by atoms with E-state index in [1.165, 1.54) is 19.5 Å². The molecule has 0 saturated carbocycles. The van der Waals surface area contributed by atoms with Crippen molar-refractivity contribution < 1.29 is 0 Å². The van der Waals surface area contributed by atoms with Crippen molar-refractivity contribution in [1.29, 1.82) is 0 Å². The van der Waals surface area contributed by atoms with E-state index < -0.39 is 0 Å². The summed E-state index contributed by atoms with van der Waals surface area (Å²) < 4.78 is 4.68. The van der Waals surface area contributed by atoms with Gasteiger partial charge in [0.2, 0.25) is 0 Å². The van der Waals surface area contributed by atoms with Gasteiger partial charge in [0, 0.05) is 58.1 Å². The van der Waals surface area contributed by atoms with Crippen LogP contribution in [0.5, 0.6) is 0 Å². The number of nitrogens with zero attached hydrogens (tertiary/aromatic N) is 5. The van der Waals surface area contributed by atoms with E-state index in [1.54, 1.807) is 22.7 Å². The molecule has 0 unspecified atom stereocenters. The smallest absolute Gasteiger partial charge is 0.164 e. The third-order valence-electron chi connectivity index (χ3n) is 10.2. The Labute approximate surface area is 330 Å². The van der Waals surface area contributed by atoms with Crippen molar-refractivity contribution in [2.24, 2.45) is 0 Å². The summed E-state index contributed by atoms with van der Waals surface area (Å²) in [5.74, 6) is 2.63. The first kappa shape index (κ1) is 32.5. The van der Waals surface area contributed by atoms with Crippen LogP contribution in [0.1, 0.15) is 0 Å². The second-order valence-electron chi connectivity index (χ2n) is 13.6. The van der Waals surface area contributed by atoms with E-state index in [-0.39, 0.29) is 0 Å². The Kier molecular flexibility index (Phi) is 7.79. The van der Waals surface area contributed by atoms with Gasteiger partial charge in [-0.25, -0.2) is 24.9 Å². The van der Waals surface area contributed by atoms with Crippen LogP contribution in [-0.2, 0) is 0 Å². The Morgan fingerprint density at radius 3 is 1.52 bits per heavy atom. The van der Waals surface area contributed by atoms with Crippen LogP contribution >= 0.6 is 22.7 Å². The number of rotatable bonds is 6. The van der Waals surface area contributed by atoms with Gasteiger partial charge < -0.3 is 0 Å². The van der Waals surface area contributed by atoms with Gasteiger partial charge in [-0.05, 0) is 35.4 Å². The first-order valence-electron chi connectivity index (χ1n) is 18.4. The minimum atomic E-state index is 0.643. The quantitative estimate of drug-likeness (QED) is 0.169. The highest BCUT2D eigenvalue weighted by atomic mass is 32.1. The van der Waals surface area contributed by atoms with Crippen LogP contribution in [0.4, 0.5) is 0 Å². The number of hydrogen-bond acceptors (Lipinski definition) is 7. The third kappa shape index (κ3) is 5.56. The van der Waals surface area contributed by atoms with Gasteiger partial charge in [-0.2, -0.15) is 0 Å². The summed E-state index contributed by atoms with van der Waals surface area (Å²) in [5, 5.41) is 3.45. The van der Waals surface area contributed by atoms with Crippen molar-refractivity contribution in [3.8, 4) is 67.9 Å². The lowest BCUT2D eigenvalue weighted by Crippen LogP contribution is -2.00. The van der Waals surface area contributed by atoms with Crippen LogP contribution in [0.25, 0.3) is 108 Å². The van der Waals surface area contributed by atoms with Gasteiger partial charge in [0.1, 0.15) is 0 Å². The molecule has 56 heavy (non-hydrogen) atoms. The minimum Gasteiger partial charge on any atom is -0.226 e. The van der Waals surface area contributed by atoms with E-state index in [0.717, 1.165) is 65.6 Å². The standard InChI is InChI=1S/C49H29N5S2/c1-4-15-30(16-5-1)43-45-44(36-23-10-11-26-38(36)56-45)51-48(50-43)34-22-12-21-33(29-34)35-24-13-27-39-41(35)42-37(25-14-28-40(42)55-39)49-53-46(31-17-6-2-7-18-31)52-47(54-49)32-19-8-3-9-20-32/h1-29H. The lowest BCUT2D eigenvalue weighted by Gasteiger charge is -2.11. The van der Waals surface area contributed by atoms with Gasteiger partial charge in [0.05, 0.1) is 15.9 Å². The molecule has 0 saturated heterocycles. The van der Waals surface area contributed by atoms with E-state index in [2.05, 4.69) is 109 Å². The van der Waals surface area contributed by atoms with Gasteiger partial charge in [0.15, 0.2) is 23.3 Å². The summed E-state index contributed by atoms with van der Waals surface area (Å²) in [6.07, 6.45) is 0. The summed E-state index contributed by atoms with van der Waals surface area (Å²) in [6.45, 7) is 0. The number of thiophene rings is 2. The van der Waals surface area contributed by atoms with Crippen LogP contribution in [0.15, 0.2) is 176 Å². The Hall–Kier alpha value is -6.93. The zero-order valence-electron chi connectivity index (χ0n) is 29.8. The Bertz CT molecular complexity index is 3190. The van der Waals surface area contributed by atoms with Crippen LogP contribution in [0.2, 0.25) is 0 Å². The van der Waals surface area contributed by atoms with Crippen molar-refractivity contribution >= 4 is 63.1 Å². The lowest BCUT2D eigenvalue weighted by molar-refractivity contribution is 1.08. The van der Waals surface area contributed by atoms with Crippen LogP contribution in [0.3, 0.4) is 0 Å². The molecule has 0 amide bonds. The molecular weight excluding hydrogens is 723 g/mol. The van der Waals surface area contributed by atoms with E-state index in [9.17, 15) is 0 Å². The average Bonchev–Trinajstić information content (AvgIpc) is 3.86. The largest absolute Gasteiger partial charge is 0.226 e. The summed E-state index contributed by atoms with van der Waals surface area (Å²) >= 11 is 3.54. The van der Waals surface area contributed by atoms with Gasteiger partial charge in [-0.15, -0.1) is 22.7 Å². The fourth-order valence-corrected chi connectivity index (χ4v) is 9.87. The maximum Gasteiger partial charge on any atom is 0.164 e. The molecule has 0 N–H and O–H groups in total. The highest BCUT2D eigenvalue weighted by molar-refractivity contribution is 7.26. The Morgan fingerprint density at radius 2 is 0.821 bits per heavy atom. The molecule has 4 aromatic heterocycles. The number of aromatic nitrogens is 5. The zero-order chi connectivity index (χ0) is 37.0. The van der Waals surface area contributed by atoms with Gasteiger partial charge in [0.25, 0.3) is 0 Å². The molecule has 262 valence electrons. The van der Waals surface area contributed by atoms with Gasteiger partial charge >= 0.3 is 0 Å². The molecule has 0 aliphatic heterocycles. The monoisotopic (exact) mass is 751 g/mol. The van der Waals surface area contributed by atoms with Gasteiger partial charge in [-0.1, -0.05) is 152 Å². The maximum absolute atomic E-state index is 5.27. The molecule has 0 spiro atoms. The van der Waals surface area contributed by atoms with Gasteiger partial charge in [-0.3, -0.25) is 0 Å². The molecule has 0 aliphatic rings. The summed E-state index contributed by atoms with van der Waals surface area (Å²) in [6, 6.07) is 60.9. The second-order valence-corrected chi connectivity index (χ2v) is 15.8. The maximum atomic E-state index is 5.27. The normalized spacial score (nSPS) is 11.6. The predicted octanol–water partition coefficient (Wildman–Crippen LogP) is 13.4. The van der Waals surface area contributed by atoms with Crippen LogP contribution < -0.4 is 0 Å². The predicted molar refractivity (Wildman–Crippen MR) is 234 cm³/mol. The Balaban J connectivity index is 1.11. The van der Waals surface area contributed by atoms with Crippen molar-refractivity contribution in [2.45, 2.75) is 0 Å². The second kappa shape index (κ2) is 13.4. The highest BCUT2D eigenvalue weighted by Crippen LogP contribution is 2.45. The first-order chi connectivity index (χ1) is 27.7. The minimum absolute atomic E-state index is 0.643. The number of fused-ring (bicyclic) bond motifs is 6. The molecule has 5 nitrogen and oxygen atoms in total. The van der Waals surface area contributed by atoms with E-state index >= 15 is 0 Å². The highest BCUT2D eigenvalue weighted by Gasteiger charge is 2.20. The molecule has 11 rings (SSSR count). The summed E-state index contributed by atoms with van der Waals surface area (Å²) in [7, 11) is 0. The average molecular weight is 752 g/mol. The molecule has 7 aromatic carbocycles. The molecule has 7 heteroatoms. The topological polar surface area (TPSA) is 64.5 Å². The number of hydrogen-bond donors (Lipinski definition) is 0. The van der Waals surface area contributed by atoms with Crippen molar-refractivity contribution in [2.75, 3.05) is 0 Å². The molecule has 0 radical (unpaired) electrons.